The van der Waals surface area contributed by atoms with E-state index in [1.165, 1.54) is 29.8 Å². The van der Waals surface area contributed by atoms with Gasteiger partial charge in [-0.2, -0.15) is 0 Å². The van der Waals surface area contributed by atoms with Crippen molar-refractivity contribution in [3.63, 3.8) is 0 Å². The molecule has 2 aromatic heterocycles. The van der Waals surface area contributed by atoms with Gasteiger partial charge in [0.1, 0.15) is 16.2 Å². The third-order valence-corrected chi connectivity index (χ3v) is 7.63. The molecule has 1 aliphatic carbocycles. The normalized spacial score (nSPS) is 14.5. The largest absolute Gasteiger partial charge is 0.332 e. The Morgan fingerprint density at radius 2 is 1.74 bits per heavy atom. The Labute approximate surface area is 206 Å². The molecule has 1 amide bonds. The second-order valence-electron chi connectivity index (χ2n) is 8.99. The minimum Gasteiger partial charge on any atom is -0.325 e. The number of rotatable bonds is 5. The molecule has 0 radical (unpaired) electrons. The number of aromatic nitrogens is 4. The van der Waals surface area contributed by atoms with E-state index < -0.39 is 11.2 Å². The first-order valence-electron chi connectivity index (χ1n) is 11.8. The van der Waals surface area contributed by atoms with E-state index in [1.54, 1.807) is 7.05 Å². The quantitative estimate of drug-likeness (QED) is 0.337. The molecule has 1 fully saturated rings. The first-order chi connectivity index (χ1) is 16.9. The zero-order chi connectivity index (χ0) is 24.5. The van der Waals surface area contributed by atoms with Crippen LogP contribution in [-0.4, -0.2) is 30.8 Å². The first kappa shape index (κ1) is 23.3. The van der Waals surface area contributed by atoms with Crippen molar-refractivity contribution in [3.8, 4) is 0 Å². The molecule has 2 heterocycles. The average Bonchev–Trinajstić information content (AvgIpc) is 2.89. The highest BCUT2D eigenvalue weighted by atomic mass is 32.2. The number of carbonyl (C=O) groups excluding carboxylic acids is 1. The Morgan fingerprint density at radius 3 is 2.54 bits per heavy atom. The number of hydrogen-bond acceptors (Lipinski definition) is 6. The minimum atomic E-state index is -0.449. The maximum atomic E-state index is 13.0. The van der Waals surface area contributed by atoms with Gasteiger partial charge in [-0.05, 0) is 24.3 Å². The molecule has 1 N–H and O–H groups in total. The number of nitrogens with one attached hydrogen (secondary N) is 1. The summed E-state index contributed by atoms with van der Waals surface area (Å²) in [6.45, 7) is 0. The number of thioether (sulfide) groups is 1. The number of fused-ring (bicyclic) bond motifs is 2. The SMILES string of the molecule is Cn1c(=O)c2c(SCC(=O)Nc3cccc4ccccc34)nc(C3CCCCC3)nc2n(C)c1=O. The van der Waals surface area contributed by atoms with Crippen LogP contribution < -0.4 is 16.6 Å². The zero-order valence-corrected chi connectivity index (χ0v) is 20.6. The highest BCUT2D eigenvalue weighted by molar-refractivity contribution is 8.00. The van der Waals surface area contributed by atoms with Gasteiger partial charge in [-0.1, -0.05) is 67.4 Å². The number of aryl methyl sites for hydroxylation is 1. The maximum Gasteiger partial charge on any atom is 0.332 e. The fourth-order valence-corrected chi connectivity index (χ4v) is 5.57. The van der Waals surface area contributed by atoms with Crippen LogP contribution in [-0.2, 0) is 18.9 Å². The first-order valence-corrected chi connectivity index (χ1v) is 12.8. The fourth-order valence-electron chi connectivity index (χ4n) is 4.75. The molecule has 1 aliphatic rings. The van der Waals surface area contributed by atoms with E-state index in [0.29, 0.717) is 16.5 Å². The second-order valence-corrected chi connectivity index (χ2v) is 9.95. The van der Waals surface area contributed by atoms with E-state index >= 15 is 0 Å². The number of anilines is 1. The number of carbonyl (C=O) groups is 1. The molecule has 0 atom stereocenters. The Kier molecular flexibility index (Phi) is 6.42. The van der Waals surface area contributed by atoms with E-state index in [2.05, 4.69) is 10.3 Å². The molecule has 180 valence electrons. The van der Waals surface area contributed by atoms with Crippen molar-refractivity contribution >= 4 is 45.2 Å². The number of benzene rings is 2. The topological polar surface area (TPSA) is 98.9 Å². The van der Waals surface area contributed by atoms with Crippen LogP contribution >= 0.6 is 11.8 Å². The second kappa shape index (κ2) is 9.65. The van der Waals surface area contributed by atoms with E-state index in [9.17, 15) is 14.4 Å². The van der Waals surface area contributed by atoms with Crippen molar-refractivity contribution in [2.45, 2.75) is 43.0 Å². The van der Waals surface area contributed by atoms with E-state index in [0.717, 1.165) is 46.7 Å². The summed E-state index contributed by atoms with van der Waals surface area (Å²) in [6, 6.07) is 13.6. The van der Waals surface area contributed by atoms with Crippen LogP contribution in [0.25, 0.3) is 21.8 Å². The third kappa shape index (κ3) is 4.48. The number of amides is 1. The van der Waals surface area contributed by atoms with Crippen LogP contribution in [0.1, 0.15) is 43.8 Å². The van der Waals surface area contributed by atoms with Gasteiger partial charge in [0.25, 0.3) is 5.56 Å². The highest BCUT2D eigenvalue weighted by Crippen LogP contribution is 2.33. The summed E-state index contributed by atoms with van der Waals surface area (Å²) in [5.41, 5.74) is 0.184. The summed E-state index contributed by atoms with van der Waals surface area (Å²) in [4.78, 5) is 48.0. The summed E-state index contributed by atoms with van der Waals surface area (Å²) < 4.78 is 2.46. The molecule has 0 saturated heterocycles. The van der Waals surface area contributed by atoms with E-state index in [4.69, 9.17) is 4.98 Å². The van der Waals surface area contributed by atoms with Crippen LogP contribution in [0.15, 0.2) is 57.1 Å². The van der Waals surface area contributed by atoms with Crippen molar-refractivity contribution in [1.82, 2.24) is 19.1 Å². The number of nitrogens with zero attached hydrogens (tertiary/aromatic N) is 4. The summed E-state index contributed by atoms with van der Waals surface area (Å²) in [6.07, 6.45) is 5.37. The predicted octanol–water partition coefficient (Wildman–Crippen LogP) is 3.96. The Bertz CT molecular complexity index is 1550. The maximum absolute atomic E-state index is 13.0. The van der Waals surface area contributed by atoms with Crippen LogP contribution in [0.5, 0.6) is 0 Å². The number of hydrogen-bond donors (Lipinski definition) is 1. The molecule has 4 aromatic rings. The lowest BCUT2D eigenvalue weighted by Gasteiger charge is -2.21. The average molecular weight is 490 g/mol. The van der Waals surface area contributed by atoms with Gasteiger partial charge in [-0.3, -0.25) is 18.7 Å². The molecule has 5 rings (SSSR count). The van der Waals surface area contributed by atoms with Crippen LogP contribution in [0.3, 0.4) is 0 Å². The van der Waals surface area contributed by atoms with Crippen molar-refractivity contribution in [1.29, 1.82) is 0 Å². The summed E-state index contributed by atoms with van der Waals surface area (Å²) in [5, 5.41) is 5.71. The van der Waals surface area contributed by atoms with Gasteiger partial charge in [0.05, 0.1) is 5.75 Å². The molecule has 0 unspecified atom stereocenters. The van der Waals surface area contributed by atoms with Gasteiger partial charge in [0, 0.05) is 31.1 Å². The standard InChI is InChI=1S/C26H27N5O3S/c1-30-23-21(25(33)31(2)26(30)34)24(29-22(28-23)17-10-4-3-5-11-17)35-15-20(32)27-19-14-8-12-16-9-6-7-13-18(16)19/h6-9,12-14,17H,3-5,10-11,15H2,1-2H3,(H,27,32). The molecule has 35 heavy (non-hydrogen) atoms. The molecular weight excluding hydrogens is 462 g/mol. The molecule has 0 bridgehead atoms. The fraction of sp³-hybridized carbons (Fsp3) is 0.346. The third-order valence-electron chi connectivity index (χ3n) is 6.66. The van der Waals surface area contributed by atoms with Crippen molar-refractivity contribution in [2.75, 3.05) is 11.1 Å². The van der Waals surface area contributed by atoms with E-state index in [1.807, 2.05) is 42.5 Å². The molecule has 0 aliphatic heterocycles. The van der Waals surface area contributed by atoms with Crippen LogP contribution in [0, 0.1) is 0 Å². The monoisotopic (exact) mass is 489 g/mol. The lowest BCUT2D eigenvalue weighted by Crippen LogP contribution is -2.38. The van der Waals surface area contributed by atoms with Gasteiger partial charge in [-0.15, -0.1) is 0 Å². The zero-order valence-electron chi connectivity index (χ0n) is 19.8. The smallest absolute Gasteiger partial charge is 0.325 e. The Hall–Kier alpha value is -3.46. The predicted molar refractivity (Wildman–Crippen MR) is 139 cm³/mol. The lowest BCUT2D eigenvalue weighted by atomic mass is 9.89. The van der Waals surface area contributed by atoms with E-state index in [-0.39, 0.29) is 23.0 Å². The van der Waals surface area contributed by atoms with Crippen LogP contribution in [0.2, 0.25) is 0 Å². The highest BCUT2D eigenvalue weighted by Gasteiger charge is 2.23. The Balaban J connectivity index is 1.49. The minimum absolute atomic E-state index is 0.0748. The van der Waals surface area contributed by atoms with Crippen molar-refractivity contribution < 1.29 is 4.79 Å². The van der Waals surface area contributed by atoms with Gasteiger partial charge in [-0.25, -0.2) is 14.8 Å². The Morgan fingerprint density at radius 1 is 1.00 bits per heavy atom. The molecule has 2 aromatic carbocycles. The summed E-state index contributed by atoms with van der Waals surface area (Å²) in [7, 11) is 3.06. The summed E-state index contributed by atoms with van der Waals surface area (Å²) >= 11 is 1.21. The molecule has 0 spiro atoms. The molecule has 1 saturated carbocycles. The lowest BCUT2D eigenvalue weighted by molar-refractivity contribution is -0.113. The van der Waals surface area contributed by atoms with Crippen molar-refractivity contribution in [3.05, 3.63) is 69.1 Å². The summed E-state index contributed by atoms with van der Waals surface area (Å²) in [5.74, 6) is 0.721. The van der Waals surface area contributed by atoms with Gasteiger partial charge in [0.2, 0.25) is 5.91 Å². The molecule has 9 heteroatoms. The van der Waals surface area contributed by atoms with Gasteiger partial charge < -0.3 is 5.32 Å². The van der Waals surface area contributed by atoms with Crippen molar-refractivity contribution in [2.24, 2.45) is 14.1 Å². The molecular formula is C26H27N5O3S. The van der Waals surface area contributed by atoms with Gasteiger partial charge >= 0.3 is 5.69 Å². The molecule has 8 nitrogen and oxygen atoms in total. The van der Waals surface area contributed by atoms with Crippen LogP contribution in [0.4, 0.5) is 5.69 Å². The van der Waals surface area contributed by atoms with Gasteiger partial charge in [0.15, 0.2) is 5.65 Å².